The summed E-state index contributed by atoms with van der Waals surface area (Å²) in [5, 5.41) is 21.2. The Balaban J connectivity index is 1.95. The molecular weight excluding hydrogens is 427 g/mol. The number of amides is 1. The van der Waals surface area contributed by atoms with Gasteiger partial charge in [0.15, 0.2) is 0 Å². The van der Waals surface area contributed by atoms with Gasteiger partial charge in [0.25, 0.3) is 5.69 Å². The number of nitro groups is 1. The monoisotopic (exact) mass is 440 g/mol. The first kappa shape index (κ1) is 17.8. The van der Waals surface area contributed by atoms with Crippen LogP contribution in [0.5, 0.6) is 0 Å². The van der Waals surface area contributed by atoms with Crippen LogP contribution >= 0.6 is 22.6 Å². The van der Waals surface area contributed by atoms with Gasteiger partial charge >= 0.3 is 6.09 Å². The van der Waals surface area contributed by atoms with Crippen LogP contribution in [0.1, 0.15) is 0 Å². The summed E-state index contributed by atoms with van der Waals surface area (Å²) in [6.45, 7) is 0.355. The van der Waals surface area contributed by atoms with Crippen LogP contribution < -0.4 is 5.32 Å². The number of non-ortho nitro benzene ring substituents is 1. The number of hydrogen-bond acceptors (Lipinski definition) is 6. The highest BCUT2D eigenvalue weighted by atomic mass is 127. The summed E-state index contributed by atoms with van der Waals surface area (Å²) >= 11 is 2.11. The number of hydrogen-bond donors (Lipinski definition) is 1. The molecule has 0 saturated carbocycles. The van der Waals surface area contributed by atoms with E-state index in [2.05, 4.69) is 38.1 Å². The fourth-order valence-corrected chi connectivity index (χ4v) is 1.87. The average Bonchev–Trinajstić information content (AvgIpc) is 2.59. The quantitative estimate of drug-likeness (QED) is 0.225. The number of ether oxygens (including phenoxy) is 1. The van der Waals surface area contributed by atoms with Gasteiger partial charge < -0.3 is 4.74 Å². The first-order chi connectivity index (χ1) is 11.6. The minimum absolute atomic E-state index is 0.00108. The van der Waals surface area contributed by atoms with Gasteiger partial charge in [-0.2, -0.15) is 10.2 Å². The van der Waals surface area contributed by atoms with Crippen LogP contribution in [0.15, 0.2) is 58.8 Å². The number of anilines is 1. The van der Waals surface area contributed by atoms with E-state index in [0.717, 1.165) is 4.43 Å². The number of benzene rings is 2. The van der Waals surface area contributed by atoms with Crippen molar-refractivity contribution in [3.8, 4) is 0 Å². The summed E-state index contributed by atoms with van der Waals surface area (Å²) in [6, 6.07) is 12.5. The molecule has 2 aromatic carbocycles. The number of halogens is 1. The molecule has 0 heterocycles. The molecule has 0 saturated heterocycles. The molecule has 0 spiro atoms. The van der Waals surface area contributed by atoms with Crippen molar-refractivity contribution in [2.75, 3.05) is 16.4 Å². The van der Waals surface area contributed by atoms with Crippen molar-refractivity contribution in [2.24, 2.45) is 10.2 Å². The summed E-state index contributed by atoms with van der Waals surface area (Å²) in [5.74, 6) is 0. The van der Waals surface area contributed by atoms with E-state index in [4.69, 9.17) is 4.74 Å². The van der Waals surface area contributed by atoms with Crippen molar-refractivity contribution >= 4 is 51.4 Å². The molecule has 2 rings (SSSR count). The van der Waals surface area contributed by atoms with Gasteiger partial charge in [-0.15, -0.1) is 0 Å². The number of carbonyl (C=O) groups excluding carboxylic acids is 1. The number of nitrogens with one attached hydrogen (secondary N) is 1. The van der Waals surface area contributed by atoms with Gasteiger partial charge in [0.2, 0.25) is 0 Å². The Kier molecular flexibility index (Phi) is 6.61. The second-order valence-corrected chi connectivity index (χ2v) is 5.55. The fourth-order valence-electron chi connectivity index (χ4n) is 1.65. The molecule has 1 amide bonds. The lowest BCUT2D eigenvalue weighted by atomic mass is 10.3. The highest BCUT2D eigenvalue weighted by Crippen LogP contribution is 2.22. The lowest BCUT2D eigenvalue weighted by molar-refractivity contribution is -0.384. The highest BCUT2D eigenvalue weighted by molar-refractivity contribution is 14.1. The molecule has 124 valence electrons. The maximum Gasteiger partial charge on any atom is 0.411 e. The Morgan fingerprint density at radius 2 is 1.62 bits per heavy atom. The van der Waals surface area contributed by atoms with E-state index >= 15 is 0 Å². The van der Waals surface area contributed by atoms with Crippen molar-refractivity contribution in [1.82, 2.24) is 0 Å². The number of nitrogens with zero attached hydrogens (tertiary/aromatic N) is 3. The maximum atomic E-state index is 11.4. The van der Waals surface area contributed by atoms with E-state index < -0.39 is 11.0 Å². The van der Waals surface area contributed by atoms with Crippen molar-refractivity contribution in [2.45, 2.75) is 0 Å². The van der Waals surface area contributed by atoms with Crippen LogP contribution in [0.25, 0.3) is 0 Å². The van der Waals surface area contributed by atoms with E-state index in [1.807, 2.05) is 0 Å². The molecule has 1 N–H and O–H groups in total. The third-order valence-electron chi connectivity index (χ3n) is 2.77. The predicted molar refractivity (Wildman–Crippen MR) is 97.6 cm³/mol. The van der Waals surface area contributed by atoms with Crippen molar-refractivity contribution in [3.05, 3.63) is 58.6 Å². The van der Waals surface area contributed by atoms with Crippen molar-refractivity contribution < 1.29 is 14.5 Å². The number of carbonyl (C=O) groups is 1. The van der Waals surface area contributed by atoms with Crippen LogP contribution in [-0.4, -0.2) is 22.1 Å². The summed E-state index contributed by atoms with van der Waals surface area (Å²) in [4.78, 5) is 21.5. The van der Waals surface area contributed by atoms with Gasteiger partial charge in [-0.05, 0) is 36.4 Å². The molecule has 8 nitrogen and oxygen atoms in total. The predicted octanol–water partition coefficient (Wildman–Crippen LogP) is 4.99. The van der Waals surface area contributed by atoms with Crippen LogP contribution in [0.3, 0.4) is 0 Å². The average molecular weight is 440 g/mol. The second-order valence-electron chi connectivity index (χ2n) is 4.47. The Morgan fingerprint density at radius 3 is 2.12 bits per heavy atom. The largest absolute Gasteiger partial charge is 0.448 e. The fraction of sp³-hybridized carbons (Fsp3) is 0.133. The van der Waals surface area contributed by atoms with Gasteiger partial charge in [0, 0.05) is 22.2 Å². The number of azo groups is 1. The third kappa shape index (κ3) is 5.57. The SMILES string of the molecule is O=C(Nc1ccc(N=Nc2ccc([N+](=O)[O-])cc2)cc1)OCCI. The standard InChI is InChI=1S/C15H13IN4O4/c16-9-10-24-15(21)17-11-1-3-12(4-2-11)18-19-13-5-7-14(8-6-13)20(22)23/h1-8H,9-10H2,(H,17,21). The lowest BCUT2D eigenvalue weighted by Gasteiger charge is -2.05. The molecule has 0 aliphatic heterocycles. The lowest BCUT2D eigenvalue weighted by Crippen LogP contribution is -2.14. The van der Waals surface area contributed by atoms with Crippen LogP contribution in [0.4, 0.5) is 27.5 Å². The molecule has 0 fully saturated rings. The maximum absolute atomic E-state index is 11.4. The molecule has 0 atom stereocenters. The molecule has 0 aromatic heterocycles. The second kappa shape index (κ2) is 8.91. The minimum atomic E-state index is -0.507. The Hall–Kier alpha value is -2.56. The first-order valence-electron chi connectivity index (χ1n) is 6.84. The van der Waals surface area contributed by atoms with E-state index in [0.29, 0.717) is 23.7 Å². The molecule has 2 aromatic rings. The molecule has 0 aliphatic rings. The molecule has 0 bridgehead atoms. The smallest absolute Gasteiger partial charge is 0.411 e. The zero-order chi connectivity index (χ0) is 17.4. The van der Waals surface area contributed by atoms with E-state index in [-0.39, 0.29) is 5.69 Å². The number of rotatable bonds is 6. The van der Waals surface area contributed by atoms with Gasteiger partial charge in [-0.3, -0.25) is 15.4 Å². The third-order valence-corrected chi connectivity index (χ3v) is 3.21. The summed E-state index contributed by atoms with van der Waals surface area (Å²) < 4.78 is 5.64. The van der Waals surface area contributed by atoms with Crippen LogP contribution in [0, 0.1) is 10.1 Å². The Bertz CT molecular complexity index is 732. The zero-order valence-corrected chi connectivity index (χ0v) is 14.5. The van der Waals surface area contributed by atoms with Gasteiger partial charge in [-0.1, -0.05) is 22.6 Å². The van der Waals surface area contributed by atoms with E-state index in [1.165, 1.54) is 24.3 Å². The van der Waals surface area contributed by atoms with Crippen LogP contribution in [0.2, 0.25) is 0 Å². The van der Waals surface area contributed by atoms with Gasteiger partial charge in [-0.25, -0.2) is 4.79 Å². The summed E-state index contributed by atoms with van der Waals surface area (Å²) in [5.41, 5.74) is 1.67. The zero-order valence-electron chi connectivity index (χ0n) is 12.4. The molecular formula is C15H13IN4O4. The van der Waals surface area contributed by atoms with Gasteiger partial charge in [0.1, 0.15) is 6.61 Å². The van der Waals surface area contributed by atoms with E-state index in [1.54, 1.807) is 24.3 Å². The summed E-state index contributed by atoms with van der Waals surface area (Å²) in [6.07, 6.45) is -0.507. The minimum Gasteiger partial charge on any atom is -0.448 e. The van der Waals surface area contributed by atoms with Crippen molar-refractivity contribution in [3.63, 3.8) is 0 Å². The van der Waals surface area contributed by atoms with Crippen LogP contribution in [-0.2, 0) is 4.74 Å². The number of alkyl halides is 1. The first-order valence-corrected chi connectivity index (χ1v) is 8.37. The molecule has 9 heteroatoms. The highest BCUT2D eigenvalue weighted by Gasteiger charge is 2.04. The molecule has 0 unspecified atom stereocenters. The summed E-state index contributed by atoms with van der Waals surface area (Å²) in [7, 11) is 0. The normalized spacial score (nSPS) is 10.5. The Labute approximate surface area is 151 Å². The molecule has 24 heavy (non-hydrogen) atoms. The number of nitro benzene ring substituents is 1. The topological polar surface area (TPSA) is 106 Å². The van der Waals surface area contributed by atoms with E-state index in [9.17, 15) is 14.9 Å². The molecule has 0 radical (unpaired) electrons. The Morgan fingerprint density at radius 1 is 1.08 bits per heavy atom. The molecule has 0 aliphatic carbocycles. The van der Waals surface area contributed by atoms with Crippen molar-refractivity contribution in [1.29, 1.82) is 0 Å². The van der Waals surface area contributed by atoms with Gasteiger partial charge in [0.05, 0.1) is 16.3 Å².